The van der Waals surface area contributed by atoms with Gasteiger partial charge in [-0.1, -0.05) is 44.1 Å². The van der Waals surface area contributed by atoms with E-state index in [4.69, 9.17) is 14.9 Å². The molecule has 18 heavy (non-hydrogen) atoms. The fourth-order valence-corrected chi connectivity index (χ4v) is 1.23. The summed E-state index contributed by atoms with van der Waals surface area (Å²) in [7, 11) is 0. The standard InChI is InChI=1S/C15H24O3/c1-2-3-4-5-6-7-8-9-10-11-12-18-14-15(17)13-16/h7-8,11-12,15-17H,2-6,13-14H2,1H3. The fourth-order valence-electron chi connectivity index (χ4n) is 1.23. The number of hydrogen-bond donors (Lipinski definition) is 2. The van der Waals surface area contributed by atoms with Gasteiger partial charge < -0.3 is 14.9 Å². The molecule has 0 radical (unpaired) electrons. The molecule has 0 aromatic rings. The molecule has 0 spiro atoms. The molecule has 3 heteroatoms. The quantitative estimate of drug-likeness (QED) is 0.376. The Morgan fingerprint density at radius 2 is 1.94 bits per heavy atom. The number of allylic oxidation sites excluding steroid dienone is 3. The van der Waals surface area contributed by atoms with Crippen molar-refractivity contribution in [3.63, 3.8) is 0 Å². The van der Waals surface area contributed by atoms with Gasteiger partial charge in [0.05, 0.1) is 12.9 Å². The second-order valence-corrected chi connectivity index (χ2v) is 4.01. The number of unbranched alkanes of at least 4 members (excludes halogenated alkanes) is 4. The Hall–Kier alpha value is -1.24. The summed E-state index contributed by atoms with van der Waals surface area (Å²) in [6, 6.07) is 0. The summed E-state index contributed by atoms with van der Waals surface area (Å²) in [4.78, 5) is 0. The second-order valence-electron chi connectivity index (χ2n) is 4.01. The van der Waals surface area contributed by atoms with E-state index in [1.54, 1.807) is 6.08 Å². The molecule has 2 N–H and O–H groups in total. The molecule has 0 aromatic carbocycles. The molecule has 1 atom stereocenters. The van der Waals surface area contributed by atoms with Crippen molar-refractivity contribution in [2.45, 2.75) is 45.1 Å². The summed E-state index contributed by atoms with van der Waals surface area (Å²) < 4.78 is 4.94. The molecule has 1 unspecified atom stereocenters. The van der Waals surface area contributed by atoms with Crippen LogP contribution in [0, 0.1) is 11.8 Å². The summed E-state index contributed by atoms with van der Waals surface area (Å²) in [5.74, 6) is 5.66. The highest BCUT2D eigenvalue weighted by molar-refractivity contribution is 5.22. The molecule has 102 valence electrons. The van der Waals surface area contributed by atoms with Gasteiger partial charge in [-0.05, 0) is 18.9 Å². The van der Waals surface area contributed by atoms with Crippen molar-refractivity contribution in [2.75, 3.05) is 13.2 Å². The minimum Gasteiger partial charge on any atom is -0.498 e. The average Bonchev–Trinajstić information content (AvgIpc) is 2.39. The number of aliphatic hydroxyl groups excluding tert-OH is 2. The molecule has 0 heterocycles. The molecule has 0 amide bonds. The van der Waals surface area contributed by atoms with Gasteiger partial charge in [0.1, 0.15) is 12.7 Å². The van der Waals surface area contributed by atoms with Crippen LogP contribution in [0.2, 0.25) is 0 Å². The van der Waals surface area contributed by atoms with Gasteiger partial charge in [-0.3, -0.25) is 0 Å². The zero-order chi connectivity index (χ0) is 13.5. The number of aliphatic hydroxyl groups is 2. The predicted octanol–water partition coefficient (Wildman–Crippen LogP) is 2.40. The molecular weight excluding hydrogens is 228 g/mol. The maximum Gasteiger partial charge on any atom is 0.115 e. The number of hydrogen-bond acceptors (Lipinski definition) is 3. The van der Waals surface area contributed by atoms with Gasteiger partial charge in [0.15, 0.2) is 0 Å². The van der Waals surface area contributed by atoms with Crippen LogP contribution in [0.25, 0.3) is 0 Å². The van der Waals surface area contributed by atoms with Gasteiger partial charge in [-0.2, -0.15) is 0 Å². The minimum absolute atomic E-state index is 0.0853. The number of rotatable bonds is 9. The first-order valence-corrected chi connectivity index (χ1v) is 6.52. The van der Waals surface area contributed by atoms with Crippen molar-refractivity contribution in [3.8, 4) is 11.8 Å². The number of ether oxygens (including phenoxy) is 1. The molecule has 0 fully saturated rings. The van der Waals surface area contributed by atoms with Crippen LogP contribution >= 0.6 is 0 Å². The van der Waals surface area contributed by atoms with E-state index in [-0.39, 0.29) is 13.2 Å². The van der Waals surface area contributed by atoms with Crippen molar-refractivity contribution in [1.82, 2.24) is 0 Å². The third-order valence-corrected chi connectivity index (χ3v) is 2.26. The first-order chi connectivity index (χ1) is 8.81. The van der Waals surface area contributed by atoms with Crippen LogP contribution in [0.1, 0.15) is 39.0 Å². The zero-order valence-corrected chi connectivity index (χ0v) is 11.1. The lowest BCUT2D eigenvalue weighted by Crippen LogP contribution is -2.17. The normalized spacial score (nSPS) is 12.6. The average molecular weight is 252 g/mol. The molecule has 0 aliphatic rings. The van der Waals surface area contributed by atoms with Gasteiger partial charge >= 0.3 is 0 Å². The highest BCUT2D eigenvalue weighted by Gasteiger charge is 1.98. The van der Waals surface area contributed by atoms with Crippen LogP contribution in [0.4, 0.5) is 0 Å². The highest BCUT2D eigenvalue weighted by Crippen LogP contribution is 2.02. The predicted molar refractivity (Wildman–Crippen MR) is 73.9 cm³/mol. The first kappa shape index (κ1) is 16.8. The van der Waals surface area contributed by atoms with Crippen LogP contribution < -0.4 is 0 Å². The summed E-state index contributed by atoms with van der Waals surface area (Å²) in [6.07, 6.45) is 12.2. The van der Waals surface area contributed by atoms with E-state index in [0.717, 1.165) is 6.42 Å². The summed E-state index contributed by atoms with van der Waals surface area (Å²) in [5, 5.41) is 17.5. The van der Waals surface area contributed by atoms with Gasteiger partial charge in [0.2, 0.25) is 0 Å². The topological polar surface area (TPSA) is 49.7 Å². The molecular formula is C15H24O3. The van der Waals surface area contributed by atoms with Crippen molar-refractivity contribution in [2.24, 2.45) is 0 Å². The van der Waals surface area contributed by atoms with E-state index >= 15 is 0 Å². The van der Waals surface area contributed by atoms with Crippen LogP contribution in [0.3, 0.4) is 0 Å². The Morgan fingerprint density at radius 1 is 1.17 bits per heavy atom. The molecule has 0 saturated carbocycles. The Bertz CT molecular complexity index is 284. The van der Waals surface area contributed by atoms with E-state index in [1.807, 2.05) is 6.08 Å². The van der Waals surface area contributed by atoms with Gasteiger partial charge in [0, 0.05) is 6.08 Å². The Kier molecular flexibility index (Phi) is 12.9. The Balaban J connectivity index is 3.47. The zero-order valence-electron chi connectivity index (χ0n) is 11.1. The first-order valence-electron chi connectivity index (χ1n) is 6.52. The SMILES string of the molecule is CCCCCCC=CC#CC=COCC(O)CO. The lowest BCUT2D eigenvalue weighted by molar-refractivity contribution is 0.0385. The largest absolute Gasteiger partial charge is 0.498 e. The molecule has 0 aliphatic carbocycles. The van der Waals surface area contributed by atoms with E-state index in [2.05, 4.69) is 24.8 Å². The molecule has 0 bridgehead atoms. The summed E-state index contributed by atoms with van der Waals surface area (Å²) in [6.45, 7) is 2.00. The monoisotopic (exact) mass is 252 g/mol. The van der Waals surface area contributed by atoms with Crippen molar-refractivity contribution < 1.29 is 14.9 Å². The highest BCUT2D eigenvalue weighted by atomic mass is 16.5. The summed E-state index contributed by atoms with van der Waals surface area (Å²) in [5.41, 5.74) is 0. The lowest BCUT2D eigenvalue weighted by Gasteiger charge is -2.04. The summed E-state index contributed by atoms with van der Waals surface area (Å²) >= 11 is 0. The maximum absolute atomic E-state index is 8.96. The van der Waals surface area contributed by atoms with Crippen molar-refractivity contribution in [3.05, 3.63) is 24.5 Å². The minimum atomic E-state index is -0.828. The van der Waals surface area contributed by atoms with Crippen molar-refractivity contribution in [1.29, 1.82) is 0 Å². The maximum atomic E-state index is 8.96. The smallest absolute Gasteiger partial charge is 0.115 e. The lowest BCUT2D eigenvalue weighted by atomic mass is 10.1. The Labute approximate surface area is 110 Å². The van der Waals surface area contributed by atoms with Gasteiger partial charge in [-0.15, -0.1) is 0 Å². The van der Waals surface area contributed by atoms with E-state index in [1.165, 1.54) is 31.9 Å². The van der Waals surface area contributed by atoms with E-state index in [9.17, 15) is 0 Å². The molecule has 0 aromatic heterocycles. The van der Waals surface area contributed by atoms with Gasteiger partial charge in [-0.25, -0.2) is 0 Å². The van der Waals surface area contributed by atoms with Crippen molar-refractivity contribution >= 4 is 0 Å². The van der Waals surface area contributed by atoms with Crippen LogP contribution in [0.5, 0.6) is 0 Å². The second kappa shape index (κ2) is 13.8. The third-order valence-electron chi connectivity index (χ3n) is 2.26. The van der Waals surface area contributed by atoms with E-state index < -0.39 is 6.10 Å². The molecule has 0 rings (SSSR count). The molecule has 0 aliphatic heterocycles. The molecule has 3 nitrogen and oxygen atoms in total. The Morgan fingerprint density at radius 3 is 2.67 bits per heavy atom. The fraction of sp³-hybridized carbons (Fsp3) is 0.600. The van der Waals surface area contributed by atoms with Crippen LogP contribution in [0.15, 0.2) is 24.5 Å². The van der Waals surface area contributed by atoms with Crippen LogP contribution in [-0.2, 0) is 4.74 Å². The van der Waals surface area contributed by atoms with E-state index in [0.29, 0.717) is 0 Å². The van der Waals surface area contributed by atoms with Crippen LogP contribution in [-0.4, -0.2) is 29.5 Å². The molecule has 0 saturated heterocycles. The third kappa shape index (κ3) is 12.8. The van der Waals surface area contributed by atoms with Gasteiger partial charge in [0.25, 0.3) is 0 Å².